The zero-order valence-corrected chi connectivity index (χ0v) is 10.7. The fourth-order valence-electron chi connectivity index (χ4n) is 1.65. The van der Waals surface area contributed by atoms with Crippen LogP contribution in [0.4, 0.5) is 4.39 Å². The van der Waals surface area contributed by atoms with E-state index in [4.69, 9.17) is 5.11 Å². The monoisotopic (exact) mass is 301 g/mol. The summed E-state index contributed by atoms with van der Waals surface area (Å²) < 4.78 is 13.7. The van der Waals surface area contributed by atoms with Gasteiger partial charge in [0.15, 0.2) is 0 Å². The van der Waals surface area contributed by atoms with Crippen LogP contribution in [0.15, 0.2) is 22.7 Å². The van der Waals surface area contributed by atoms with Crippen LogP contribution < -0.4 is 5.32 Å². The van der Waals surface area contributed by atoms with Crippen LogP contribution in [0.25, 0.3) is 0 Å². The summed E-state index contributed by atoms with van der Waals surface area (Å²) in [5.41, 5.74) is 0.443. The second-order valence-electron chi connectivity index (χ2n) is 4.30. The Labute approximate surface area is 107 Å². The first-order valence-electron chi connectivity index (χ1n) is 5.49. The highest BCUT2D eigenvalue weighted by molar-refractivity contribution is 9.10. The Kier molecular flexibility index (Phi) is 3.79. The first-order chi connectivity index (χ1) is 8.08. The lowest BCUT2D eigenvalue weighted by Gasteiger charge is -2.15. The fraction of sp³-hybridized carbons (Fsp3) is 0.417. The quantitative estimate of drug-likeness (QED) is 0.879. The molecule has 0 radical (unpaired) electrons. The molecule has 1 aromatic carbocycles. The van der Waals surface area contributed by atoms with Crippen LogP contribution in [0.2, 0.25) is 0 Å². The maximum absolute atomic E-state index is 13.3. The number of halogens is 2. The molecule has 0 heterocycles. The van der Waals surface area contributed by atoms with Crippen molar-refractivity contribution in [1.29, 1.82) is 0 Å². The van der Waals surface area contributed by atoms with Crippen molar-refractivity contribution in [3.63, 3.8) is 0 Å². The third kappa shape index (κ3) is 3.26. The number of carboxylic acid groups (broad SMARTS) is 1. The van der Waals surface area contributed by atoms with Gasteiger partial charge in [-0.25, -0.2) is 4.39 Å². The zero-order valence-electron chi connectivity index (χ0n) is 9.12. The van der Waals surface area contributed by atoms with Crippen molar-refractivity contribution in [3.8, 4) is 0 Å². The van der Waals surface area contributed by atoms with Crippen LogP contribution >= 0.6 is 15.9 Å². The predicted octanol–water partition coefficient (Wildman–Crippen LogP) is 2.71. The number of nitrogens with one attached hydrogen (secondary N) is 1. The Balaban J connectivity index is 2.12. The Bertz CT molecular complexity index is 435. The van der Waals surface area contributed by atoms with Gasteiger partial charge in [0.05, 0.1) is 4.47 Å². The summed E-state index contributed by atoms with van der Waals surface area (Å²) in [5, 5.41) is 12.1. The molecule has 1 aromatic rings. The van der Waals surface area contributed by atoms with Crippen LogP contribution in [0.1, 0.15) is 24.4 Å². The van der Waals surface area contributed by atoms with Crippen LogP contribution in [-0.2, 0) is 4.79 Å². The van der Waals surface area contributed by atoms with Crippen LogP contribution in [0, 0.1) is 11.7 Å². The van der Waals surface area contributed by atoms with Gasteiger partial charge in [-0.2, -0.15) is 0 Å². The van der Waals surface area contributed by atoms with E-state index in [1.807, 2.05) is 0 Å². The largest absolute Gasteiger partial charge is 0.480 e. The minimum Gasteiger partial charge on any atom is -0.480 e. The average Bonchev–Trinajstić information content (AvgIpc) is 3.07. The lowest BCUT2D eigenvalue weighted by molar-refractivity contribution is -0.139. The van der Waals surface area contributed by atoms with Gasteiger partial charge in [-0.15, -0.1) is 0 Å². The summed E-state index contributed by atoms with van der Waals surface area (Å²) in [6, 6.07) is 3.56. The predicted molar refractivity (Wildman–Crippen MR) is 65.2 cm³/mol. The molecular formula is C12H13BrFNO2. The van der Waals surface area contributed by atoms with E-state index < -0.39 is 17.8 Å². The van der Waals surface area contributed by atoms with Crippen molar-refractivity contribution < 1.29 is 14.3 Å². The number of aliphatic carboxylic acids is 1. The van der Waals surface area contributed by atoms with Gasteiger partial charge in [-0.1, -0.05) is 6.07 Å². The molecule has 1 unspecified atom stereocenters. The molecule has 5 heteroatoms. The normalized spacial score (nSPS) is 16.8. The Morgan fingerprint density at radius 2 is 2.29 bits per heavy atom. The number of carbonyl (C=O) groups is 1. The molecule has 2 N–H and O–H groups in total. The molecule has 1 aliphatic carbocycles. The highest BCUT2D eigenvalue weighted by Gasteiger charge is 2.26. The lowest BCUT2D eigenvalue weighted by Crippen LogP contribution is -2.30. The van der Waals surface area contributed by atoms with Gasteiger partial charge < -0.3 is 10.4 Å². The fourth-order valence-corrected chi connectivity index (χ4v) is 1.89. The molecule has 0 aliphatic heterocycles. The van der Waals surface area contributed by atoms with Gasteiger partial charge in [-0.3, -0.25) is 4.79 Å². The number of carboxylic acids is 1. The third-order valence-corrected chi connectivity index (χ3v) is 3.47. The van der Waals surface area contributed by atoms with Crippen LogP contribution in [0.5, 0.6) is 0 Å². The van der Waals surface area contributed by atoms with Gasteiger partial charge in [0, 0.05) is 0 Å². The van der Waals surface area contributed by atoms with E-state index >= 15 is 0 Å². The molecule has 1 atom stereocenters. The molecule has 1 fully saturated rings. The number of rotatable bonds is 5. The summed E-state index contributed by atoms with van der Waals surface area (Å²) in [7, 11) is 0. The molecule has 0 bridgehead atoms. The van der Waals surface area contributed by atoms with E-state index in [9.17, 15) is 9.18 Å². The first-order valence-corrected chi connectivity index (χ1v) is 6.28. The Morgan fingerprint density at radius 1 is 1.59 bits per heavy atom. The molecule has 0 saturated heterocycles. The Morgan fingerprint density at radius 3 is 2.82 bits per heavy atom. The van der Waals surface area contributed by atoms with Crippen molar-refractivity contribution in [2.45, 2.75) is 18.9 Å². The number of benzene rings is 1. The summed E-state index contributed by atoms with van der Waals surface area (Å²) in [6.07, 6.45) is 2.29. The average molecular weight is 302 g/mol. The van der Waals surface area contributed by atoms with E-state index in [0.29, 0.717) is 22.5 Å². The highest BCUT2D eigenvalue weighted by Crippen LogP contribution is 2.29. The van der Waals surface area contributed by atoms with Crippen molar-refractivity contribution in [2.24, 2.45) is 5.92 Å². The molecule has 2 rings (SSSR count). The zero-order chi connectivity index (χ0) is 12.4. The summed E-state index contributed by atoms with van der Waals surface area (Å²) in [4.78, 5) is 11.1. The number of hydrogen-bond donors (Lipinski definition) is 2. The van der Waals surface area contributed by atoms with Crippen LogP contribution in [-0.4, -0.2) is 17.6 Å². The van der Waals surface area contributed by atoms with Crippen molar-refractivity contribution in [2.75, 3.05) is 6.54 Å². The lowest BCUT2D eigenvalue weighted by atomic mass is 10.1. The van der Waals surface area contributed by atoms with Gasteiger partial charge in [-0.05, 0) is 58.9 Å². The third-order valence-electron chi connectivity index (χ3n) is 2.83. The molecule has 1 saturated carbocycles. The van der Waals surface area contributed by atoms with E-state index in [2.05, 4.69) is 21.2 Å². The SMILES string of the molecule is O=C(O)C(NCC1CC1)c1ccc(Br)c(F)c1. The second kappa shape index (κ2) is 5.14. The summed E-state index contributed by atoms with van der Waals surface area (Å²) >= 11 is 3.04. The maximum Gasteiger partial charge on any atom is 0.325 e. The smallest absolute Gasteiger partial charge is 0.325 e. The minimum absolute atomic E-state index is 0.340. The van der Waals surface area contributed by atoms with Gasteiger partial charge in [0.1, 0.15) is 11.9 Å². The van der Waals surface area contributed by atoms with E-state index in [1.54, 1.807) is 6.07 Å². The first kappa shape index (κ1) is 12.5. The maximum atomic E-state index is 13.3. The molecule has 0 amide bonds. The minimum atomic E-state index is -0.979. The van der Waals surface area contributed by atoms with Crippen LogP contribution in [0.3, 0.4) is 0 Å². The van der Waals surface area contributed by atoms with E-state index in [-0.39, 0.29) is 0 Å². The summed E-state index contributed by atoms with van der Waals surface area (Å²) in [6.45, 7) is 0.675. The highest BCUT2D eigenvalue weighted by atomic mass is 79.9. The van der Waals surface area contributed by atoms with Gasteiger partial charge in [0.25, 0.3) is 0 Å². The number of hydrogen-bond acceptors (Lipinski definition) is 2. The standard InChI is InChI=1S/C12H13BrFNO2/c13-9-4-3-8(5-10(9)14)11(12(16)17)15-6-7-1-2-7/h3-5,7,11,15H,1-2,6H2,(H,16,17). The van der Waals surface area contributed by atoms with E-state index in [0.717, 1.165) is 12.8 Å². The topological polar surface area (TPSA) is 49.3 Å². The van der Waals surface area contributed by atoms with E-state index in [1.165, 1.54) is 12.1 Å². The molecule has 3 nitrogen and oxygen atoms in total. The molecule has 0 spiro atoms. The molecule has 1 aliphatic rings. The molecular weight excluding hydrogens is 289 g/mol. The van der Waals surface area contributed by atoms with Crippen molar-refractivity contribution >= 4 is 21.9 Å². The summed E-state index contributed by atoms with van der Waals surface area (Å²) in [5.74, 6) is -0.841. The van der Waals surface area contributed by atoms with Gasteiger partial charge in [0.2, 0.25) is 0 Å². The molecule has 17 heavy (non-hydrogen) atoms. The van der Waals surface area contributed by atoms with Crippen molar-refractivity contribution in [1.82, 2.24) is 5.32 Å². The van der Waals surface area contributed by atoms with Crippen molar-refractivity contribution in [3.05, 3.63) is 34.1 Å². The molecule has 0 aromatic heterocycles. The Hall–Kier alpha value is -0.940. The second-order valence-corrected chi connectivity index (χ2v) is 5.15. The van der Waals surface area contributed by atoms with Gasteiger partial charge >= 0.3 is 5.97 Å². The molecule has 92 valence electrons.